The van der Waals surface area contributed by atoms with Gasteiger partial charge >= 0.3 is 5.97 Å². The van der Waals surface area contributed by atoms with E-state index in [-0.39, 0.29) is 5.97 Å². The minimum Gasteiger partial charge on any atom is -0.462 e. The topological polar surface area (TPSA) is 26.3 Å². The van der Waals surface area contributed by atoms with Crippen molar-refractivity contribution in [2.75, 3.05) is 6.61 Å². The summed E-state index contributed by atoms with van der Waals surface area (Å²) in [6, 6.07) is 3.66. The van der Waals surface area contributed by atoms with Crippen LogP contribution < -0.4 is 0 Å². The highest BCUT2D eigenvalue weighted by Crippen LogP contribution is 2.28. The van der Waals surface area contributed by atoms with Gasteiger partial charge in [0.05, 0.1) is 12.2 Å². The lowest BCUT2D eigenvalue weighted by Crippen LogP contribution is -2.07. The van der Waals surface area contributed by atoms with E-state index in [9.17, 15) is 4.79 Å². The number of ether oxygens (including phenoxy) is 1. The van der Waals surface area contributed by atoms with Crippen LogP contribution in [0.2, 0.25) is 0 Å². The van der Waals surface area contributed by atoms with Crippen molar-refractivity contribution >= 4 is 53.8 Å². The SMILES string of the molecule is CCOC(=O)c1cc(Br)c(Br)cc1CBr. The predicted molar refractivity (Wildman–Crippen MR) is 70.4 cm³/mol. The lowest BCUT2D eigenvalue weighted by molar-refractivity contribution is 0.0525. The van der Waals surface area contributed by atoms with E-state index in [0.29, 0.717) is 17.5 Å². The van der Waals surface area contributed by atoms with Gasteiger partial charge in [0, 0.05) is 14.3 Å². The lowest BCUT2D eigenvalue weighted by atomic mass is 10.1. The van der Waals surface area contributed by atoms with E-state index in [0.717, 1.165) is 14.5 Å². The van der Waals surface area contributed by atoms with Gasteiger partial charge < -0.3 is 4.74 Å². The molecule has 15 heavy (non-hydrogen) atoms. The molecule has 2 nitrogen and oxygen atoms in total. The van der Waals surface area contributed by atoms with Crippen molar-refractivity contribution in [2.24, 2.45) is 0 Å². The van der Waals surface area contributed by atoms with E-state index in [1.165, 1.54) is 0 Å². The Morgan fingerprint density at radius 3 is 2.47 bits per heavy atom. The summed E-state index contributed by atoms with van der Waals surface area (Å²) < 4.78 is 6.73. The largest absolute Gasteiger partial charge is 0.462 e. The van der Waals surface area contributed by atoms with Crippen LogP contribution in [0.4, 0.5) is 0 Å². The normalized spacial score (nSPS) is 10.1. The molecule has 0 N–H and O–H groups in total. The molecule has 0 saturated heterocycles. The molecule has 0 saturated carbocycles. The Morgan fingerprint density at radius 1 is 1.33 bits per heavy atom. The van der Waals surface area contributed by atoms with Crippen molar-refractivity contribution in [1.82, 2.24) is 0 Å². The quantitative estimate of drug-likeness (QED) is 0.559. The van der Waals surface area contributed by atoms with Crippen LogP contribution in [0.25, 0.3) is 0 Å². The fourth-order valence-electron chi connectivity index (χ4n) is 1.10. The van der Waals surface area contributed by atoms with Gasteiger partial charge in [-0.05, 0) is 56.5 Å². The van der Waals surface area contributed by atoms with E-state index >= 15 is 0 Å². The number of alkyl halides is 1. The number of rotatable bonds is 3. The zero-order chi connectivity index (χ0) is 11.4. The minimum atomic E-state index is -0.292. The molecule has 0 bridgehead atoms. The van der Waals surface area contributed by atoms with Crippen LogP contribution in [-0.2, 0) is 10.1 Å². The summed E-state index contributed by atoms with van der Waals surface area (Å²) >= 11 is 10.1. The summed E-state index contributed by atoms with van der Waals surface area (Å²) in [5.41, 5.74) is 1.49. The summed E-state index contributed by atoms with van der Waals surface area (Å²) in [5, 5.41) is 0.618. The number of hydrogen-bond acceptors (Lipinski definition) is 2. The maximum atomic E-state index is 11.6. The number of carbonyl (C=O) groups excluding carboxylic acids is 1. The van der Waals surface area contributed by atoms with Crippen LogP contribution in [-0.4, -0.2) is 12.6 Å². The third-order valence-corrected chi connectivity index (χ3v) is 4.23. The van der Waals surface area contributed by atoms with Crippen molar-refractivity contribution < 1.29 is 9.53 Å². The molecular weight excluding hydrogens is 392 g/mol. The smallest absolute Gasteiger partial charge is 0.338 e. The molecule has 1 aromatic rings. The van der Waals surface area contributed by atoms with Crippen LogP contribution in [0.3, 0.4) is 0 Å². The molecule has 0 heterocycles. The first-order chi connectivity index (χ1) is 7.10. The summed E-state index contributed by atoms with van der Waals surface area (Å²) in [5.74, 6) is -0.292. The highest BCUT2D eigenvalue weighted by atomic mass is 79.9. The maximum Gasteiger partial charge on any atom is 0.338 e. The lowest BCUT2D eigenvalue weighted by Gasteiger charge is -2.08. The Balaban J connectivity index is 3.15. The zero-order valence-electron chi connectivity index (χ0n) is 8.02. The number of carbonyl (C=O) groups is 1. The predicted octanol–water partition coefficient (Wildman–Crippen LogP) is 4.28. The molecule has 0 unspecified atom stereocenters. The molecule has 0 amide bonds. The molecule has 0 spiro atoms. The van der Waals surface area contributed by atoms with Gasteiger partial charge in [0.15, 0.2) is 0 Å². The molecule has 1 aromatic carbocycles. The van der Waals surface area contributed by atoms with Crippen LogP contribution >= 0.6 is 47.8 Å². The average molecular weight is 401 g/mol. The van der Waals surface area contributed by atoms with Gasteiger partial charge in [0.25, 0.3) is 0 Å². The van der Waals surface area contributed by atoms with Gasteiger partial charge in [-0.3, -0.25) is 0 Å². The Bertz CT molecular complexity index is 377. The molecule has 0 aliphatic heterocycles. The molecular formula is C10H9Br3O2. The van der Waals surface area contributed by atoms with E-state index < -0.39 is 0 Å². The van der Waals surface area contributed by atoms with Crippen molar-refractivity contribution in [3.05, 3.63) is 32.2 Å². The summed E-state index contributed by atoms with van der Waals surface area (Å²) in [4.78, 5) is 11.6. The Morgan fingerprint density at radius 2 is 1.93 bits per heavy atom. The number of halogens is 3. The fourth-order valence-corrected chi connectivity index (χ4v) is 2.30. The zero-order valence-corrected chi connectivity index (χ0v) is 12.8. The van der Waals surface area contributed by atoms with E-state index in [2.05, 4.69) is 47.8 Å². The van der Waals surface area contributed by atoms with Gasteiger partial charge in [-0.1, -0.05) is 15.9 Å². The second-order valence-corrected chi connectivity index (χ2v) is 5.05. The molecule has 82 valence electrons. The van der Waals surface area contributed by atoms with Crippen molar-refractivity contribution in [2.45, 2.75) is 12.3 Å². The monoisotopic (exact) mass is 398 g/mol. The number of esters is 1. The van der Waals surface area contributed by atoms with Crippen molar-refractivity contribution in [3.8, 4) is 0 Å². The molecule has 1 rings (SSSR count). The second kappa shape index (κ2) is 6.01. The van der Waals surface area contributed by atoms with E-state index in [1.54, 1.807) is 13.0 Å². The highest BCUT2D eigenvalue weighted by Gasteiger charge is 2.14. The second-order valence-electron chi connectivity index (χ2n) is 2.78. The first-order valence-corrected chi connectivity index (χ1v) is 7.01. The third-order valence-electron chi connectivity index (χ3n) is 1.79. The number of hydrogen-bond donors (Lipinski definition) is 0. The van der Waals surface area contributed by atoms with Crippen LogP contribution in [0.1, 0.15) is 22.8 Å². The fraction of sp³-hybridized carbons (Fsp3) is 0.300. The van der Waals surface area contributed by atoms with Crippen LogP contribution in [0.15, 0.2) is 21.1 Å². The molecule has 0 aliphatic rings. The molecule has 0 atom stereocenters. The first kappa shape index (κ1) is 13.2. The van der Waals surface area contributed by atoms with Crippen molar-refractivity contribution in [3.63, 3.8) is 0 Å². The van der Waals surface area contributed by atoms with Crippen LogP contribution in [0, 0.1) is 0 Å². The van der Waals surface area contributed by atoms with Gasteiger partial charge in [-0.2, -0.15) is 0 Å². The standard InChI is InChI=1S/C10H9Br3O2/c1-2-15-10(14)7-4-9(13)8(12)3-6(7)5-11/h3-4H,2,5H2,1H3. The van der Waals surface area contributed by atoms with E-state index in [4.69, 9.17) is 4.74 Å². The first-order valence-electron chi connectivity index (χ1n) is 4.31. The Labute approximate surface area is 114 Å². The van der Waals surface area contributed by atoms with E-state index in [1.807, 2.05) is 6.07 Å². The van der Waals surface area contributed by atoms with Crippen molar-refractivity contribution in [1.29, 1.82) is 0 Å². The number of benzene rings is 1. The van der Waals surface area contributed by atoms with Gasteiger partial charge in [-0.15, -0.1) is 0 Å². The van der Waals surface area contributed by atoms with Crippen LogP contribution in [0.5, 0.6) is 0 Å². The molecule has 0 radical (unpaired) electrons. The molecule has 5 heteroatoms. The van der Waals surface area contributed by atoms with Gasteiger partial charge in [0.1, 0.15) is 0 Å². The summed E-state index contributed by atoms with van der Waals surface area (Å²) in [6.45, 7) is 2.17. The molecule has 0 aliphatic carbocycles. The molecule has 0 aromatic heterocycles. The minimum absolute atomic E-state index is 0.292. The summed E-state index contributed by atoms with van der Waals surface area (Å²) in [7, 11) is 0. The average Bonchev–Trinajstić information content (AvgIpc) is 2.21. The summed E-state index contributed by atoms with van der Waals surface area (Å²) in [6.07, 6.45) is 0. The molecule has 0 fully saturated rings. The Kier molecular flexibility index (Phi) is 5.29. The third kappa shape index (κ3) is 3.29. The Hall–Kier alpha value is 0.130. The van der Waals surface area contributed by atoms with Gasteiger partial charge in [0.2, 0.25) is 0 Å². The van der Waals surface area contributed by atoms with Gasteiger partial charge in [-0.25, -0.2) is 4.79 Å². The maximum absolute atomic E-state index is 11.6. The highest BCUT2D eigenvalue weighted by molar-refractivity contribution is 9.13.